The summed E-state index contributed by atoms with van der Waals surface area (Å²) in [5.41, 5.74) is 0.557. The number of carbonyl (C=O) groups excluding carboxylic acids is 1. The molecule has 0 saturated heterocycles. The molecular formula is C9H10N4O. The van der Waals surface area contributed by atoms with Gasteiger partial charge in [0.05, 0.1) is 11.8 Å². The molecule has 0 bridgehead atoms. The minimum absolute atomic E-state index is 0.130. The van der Waals surface area contributed by atoms with Crippen LogP contribution in [0.3, 0.4) is 0 Å². The van der Waals surface area contributed by atoms with Gasteiger partial charge in [-0.1, -0.05) is 0 Å². The van der Waals surface area contributed by atoms with E-state index in [1.165, 1.54) is 0 Å². The molecular weight excluding hydrogens is 180 g/mol. The first kappa shape index (κ1) is 8.68. The maximum Gasteiger partial charge on any atom is 0.231 e. The van der Waals surface area contributed by atoms with E-state index < -0.39 is 0 Å². The molecule has 1 N–H and O–H groups in total. The van der Waals surface area contributed by atoms with E-state index in [0.717, 1.165) is 6.54 Å². The van der Waals surface area contributed by atoms with Gasteiger partial charge in [0.15, 0.2) is 5.82 Å². The van der Waals surface area contributed by atoms with Crippen LogP contribution in [0.1, 0.15) is 23.1 Å². The van der Waals surface area contributed by atoms with E-state index in [1.807, 2.05) is 6.92 Å². The predicted octanol–water partition coefficient (Wildman–Crippen LogP) is 0.857. The number of H-pyrrole nitrogens is 1. The molecule has 0 unspecified atom stereocenters. The lowest BCUT2D eigenvalue weighted by Gasteiger charge is -1.91. The number of aryl methyl sites for hydroxylation is 1. The zero-order valence-corrected chi connectivity index (χ0v) is 7.77. The normalized spacial score (nSPS) is 10.4. The third-order valence-corrected chi connectivity index (χ3v) is 1.93. The Morgan fingerprint density at radius 3 is 3.07 bits per heavy atom. The monoisotopic (exact) mass is 190 g/mol. The molecule has 2 aromatic heterocycles. The van der Waals surface area contributed by atoms with Crippen LogP contribution in [-0.2, 0) is 6.54 Å². The molecule has 14 heavy (non-hydrogen) atoms. The Labute approximate surface area is 80.8 Å². The molecule has 0 radical (unpaired) electrons. The molecule has 0 aromatic carbocycles. The highest BCUT2D eigenvalue weighted by Gasteiger charge is 2.12. The van der Waals surface area contributed by atoms with Gasteiger partial charge < -0.3 is 4.98 Å². The van der Waals surface area contributed by atoms with Crippen molar-refractivity contribution in [2.75, 3.05) is 0 Å². The summed E-state index contributed by atoms with van der Waals surface area (Å²) in [6.07, 6.45) is 6.44. The summed E-state index contributed by atoms with van der Waals surface area (Å²) in [4.78, 5) is 18.3. The number of nitrogens with zero attached hydrogens (tertiary/aromatic N) is 3. The molecule has 2 rings (SSSR count). The van der Waals surface area contributed by atoms with E-state index in [-0.39, 0.29) is 5.78 Å². The fourth-order valence-corrected chi connectivity index (χ4v) is 1.18. The average Bonchev–Trinajstić information content (AvgIpc) is 2.88. The predicted molar refractivity (Wildman–Crippen MR) is 49.9 cm³/mol. The maximum absolute atomic E-state index is 11.7. The summed E-state index contributed by atoms with van der Waals surface area (Å²) in [6, 6.07) is 0. The van der Waals surface area contributed by atoms with Crippen LogP contribution in [0.15, 0.2) is 24.8 Å². The van der Waals surface area contributed by atoms with Crippen LogP contribution in [-0.4, -0.2) is 25.5 Å². The molecule has 0 atom stereocenters. The summed E-state index contributed by atoms with van der Waals surface area (Å²) >= 11 is 0. The van der Waals surface area contributed by atoms with E-state index in [9.17, 15) is 4.79 Å². The van der Waals surface area contributed by atoms with Crippen LogP contribution in [0.25, 0.3) is 0 Å². The average molecular weight is 190 g/mol. The second-order valence-electron chi connectivity index (χ2n) is 2.85. The van der Waals surface area contributed by atoms with Crippen LogP contribution >= 0.6 is 0 Å². The summed E-state index contributed by atoms with van der Waals surface area (Å²) in [5, 5.41) is 4.02. The fraction of sp³-hybridized carbons (Fsp3) is 0.222. The minimum Gasteiger partial charge on any atom is -0.342 e. The Balaban J connectivity index is 2.28. The zero-order valence-electron chi connectivity index (χ0n) is 7.77. The second-order valence-corrected chi connectivity index (χ2v) is 2.85. The molecule has 0 saturated carbocycles. The third-order valence-electron chi connectivity index (χ3n) is 1.93. The van der Waals surface area contributed by atoms with Crippen molar-refractivity contribution in [2.24, 2.45) is 0 Å². The van der Waals surface area contributed by atoms with Crippen LogP contribution in [0.4, 0.5) is 0 Å². The molecule has 2 heterocycles. The number of ketones is 1. The molecule has 0 spiro atoms. The van der Waals surface area contributed by atoms with Gasteiger partial charge in [-0.25, -0.2) is 4.98 Å². The van der Waals surface area contributed by atoms with E-state index in [0.29, 0.717) is 11.4 Å². The van der Waals surface area contributed by atoms with Gasteiger partial charge in [0.2, 0.25) is 5.78 Å². The van der Waals surface area contributed by atoms with Crippen LogP contribution < -0.4 is 0 Å². The van der Waals surface area contributed by atoms with E-state index >= 15 is 0 Å². The smallest absolute Gasteiger partial charge is 0.231 e. The van der Waals surface area contributed by atoms with Gasteiger partial charge in [0.1, 0.15) is 0 Å². The van der Waals surface area contributed by atoms with E-state index in [2.05, 4.69) is 15.1 Å². The number of hydrogen-bond donors (Lipinski definition) is 1. The van der Waals surface area contributed by atoms with Crippen molar-refractivity contribution in [1.29, 1.82) is 0 Å². The fourth-order valence-electron chi connectivity index (χ4n) is 1.18. The quantitative estimate of drug-likeness (QED) is 0.730. The van der Waals surface area contributed by atoms with Gasteiger partial charge in [-0.2, -0.15) is 5.10 Å². The Morgan fingerprint density at radius 2 is 2.50 bits per heavy atom. The van der Waals surface area contributed by atoms with Gasteiger partial charge in [-0.05, 0) is 6.92 Å². The SMILES string of the molecule is CCn1cc(C(=O)c2ncc[nH]2)cn1. The van der Waals surface area contributed by atoms with Gasteiger partial charge >= 0.3 is 0 Å². The number of aromatic amines is 1. The van der Waals surface area contributed by atoms with Gasteiger partial charge in [0, 0.05) is 25.1 Å². The molecule has 72 valence electrons. The van der Waals surface area contributed by atoms with Crippen molar-refractivity contribution < 1.29 is 4.79 Å². The highest BCUT2D eigenvalue weighted by Crippen LogP contribution is 2.04. The largest absolute Gasteiger partial charge is 0.342 e. The molecule has 0 aliphatic heterocycles. The lowest BCUT2D eigenvalue weighted by molar-refractivity contribution is 0.103. The lowest BCUT2D eigenvalue weighted by Crippen LogP contribution is -2.02. The van der Waals surface area contributed by atoms with Crippen molar-refractivity contribution in [3.05, 3.63) is 36.2 Å². The summed E-state index contributed by atoms with van der Waals surface area (Å²) in [5.74, 6) is 0.218. The van der Waals surface area contributed by atoms with Crippen molar-refractivity contribution >= 4 is 5.78 Å². The van der Waals surface area contributed by atoms with Gasteiger partial charge in [-0.3, -0.25) is 9.48 Å². The van der Waals surface area contributed by atoms with E-state index in [1.54, 1.807) is 29.5 Å². The number of imidazole rings is 1. The molecule has 0 aliphatic rings. The molecule has 5 heteroatoms. The first-order valence-corrected chi connectivity index (χ1v) is 4.38. The molecule has 2 aromatic rings. The van der Waals surface area contributed by atoms with Crippen LogP contribution in [0.2, 0.25) is 0 Å². The molecule has 0 amide bonds. The first-order valence-electron chi connectivity index (χ1n) is 4.38. The standard InChI is InChI=1S/C9H10N4O/c1-2-13-6-7(5-12-13)8(14)9-10-3-4-11-9/h3-6H,2H2,1H3,(H,10,11). The lowest BCUT2D eigenvalue weighted by atomic mass is 10.2. The van der Waals surface area contributed by atoms with Crippen molar-refractivity contribution in [2.45, 2.75) is 13.5 Å². The van der Waals surface area contributed by atoms with Crippen molar-refractivity contribution in [1.82, 2.24) is 19.7 Å². The molecule has 0 fully saturated rings. The highest BCUT2D eigenvalue weighted by molar-refractivity contribution is 6.06. The van der Waals surface area contributed by atoms with Gasteiger partial charge in [0.25, 0.3) is 0 Å². The van der Waals surface area contributed by atoms with Crippen molar-refractivity contribution in [3.63, 3.8) is 0 Å². The van der Waals surface area contributed by atoms with Crippen LogP contribution in [0.5, 0.6) is 0 Å². The number of rotatable bonds is 3. The number of aromatic nitrogens is 4. The topological polar surface area (TPSA) is 63.6 Å². The Morgan fingerprint density at radius 1 is 1.64 bits per heavy atom. The summed E-state index contributed by atoms with van der Waals surface area (Å²) < 4.78 is 1.70. The first-order chi connectivity index (χ1) is 6.81. The molecule has 0 aliphatic carbocycles. The number of hydrogen-bond acceptors (Lipinski definition) is 3. The Kier molecular flexibility index (Phi) is 2.14. The Hall–Kier alpha value is -1.91. The van der Waals surface area contributed by atoms with E-state index in [4.69, 9.17) is 0 Å². The number of nitrogens with one attached hydrogen (secondary N) is 1. The summed E-state index contributed by atoms with van der Waals surface area (Å²) in [7, 11) is 0. The van der Waals surface area contributed by atoms with Gasteiger partial charge in [-0.15, -0.1) is 0 Å². The van der Waals surface area contributed by atoms with Crippen LogP contribution in [0, 0.1) is 0 Å². The molecule has 5 nitrogen and oxygen atoms in total. The summed E-state index contributed by atoms with van der Waals surface area (Å²) in [6.45, 7) is 2.72. The minimum atomic E-state index is -0.130. The highest BCUT2D eigenvalue weighted by atomic mass is 16.1. The number of carbonyl (C=O) groups is 1. The third kappa shape index (κ3) is 1.44. The van der Waals surface area contributed by atoms with Crippen molar-refractivity contribution in [3.8, 4) is 0 Å². The second kappa shape index (κ2) is 3.45. The maximum atomic E-state index is 11.7. The zero-order chi connectivity index (χ0) is 9.97. The Bertz CT molecular complexity index is 429.